The number of thioether (sulfide) groups is 1. The molecule has 0 saturated carbocycles. The van der Waals surface area contributed by atoms with Gasteiger partial charge in [-0.2, -0.15) is 11.8 Å². The van der Waals surface area contributed by atoms with Gasteiger partial charge in [0.15, 0.2) is 0 Å². The van der Waals surface area contributed by atoms with Crippen LogP contribution in [-0.2, 0) is 10.8 Å². The molecular weight excluding hydrogens is 140 g/mol. The minimum atomic E-state index is -0.408. The first kappa shape index (κ1) is 5.30. The van der Waals surface area contributed by atoms with Crippen molar-refractivity contribution in [1.29, 1.82) is 0 Å². The van der Waals surface area contributed by atoms with Gasteiger partial charge in [-0.05, 0) is 0 Å². The summed E-state index contributed by atoms with van der Waals surface area (Å²) in [6.07, 6.45) is 0. The molecular formula is C5H8OS2. The van der Waals surface area contributed by atoms with E-state index in [1.807, 2.05) is 11.8 Å². The largest absolute Gasteiger partial charge is 0.259 e. The Kier molecular flexibility index (Phi) is 0.998. The summed E-state index contributed by atoms with van der Waals surface area (Å²) in [5, 5.41) is 2.18. The molecule has 2 heterocycles. The van der Waals surface area contributed by atoms with Gasteiger partial charge in [-0.15, -0.1) is 0 Å². The molecule has 0 radical (unpaired) electrons. The van der Waals surface area contributed by atoms with E-state index in [-0.39, 0.29) is 0 Å². The molecule has 2 rings (SSSR count). The van der Waals surface area contributed by atoms with Gasteiger partial charge in [0.25, 0.3) is 0 Å². The second-order valence-corrected chi connectivity index (χ2v) is 5.65. The first-order chi connectivity index (χ1) is 3.79. The molecule has 0 bridgehead atoms. The predicted octanol–water partition coefficient (Wildman–Crippen LogP) is 0.621. The fraction of sp³-hybridized carbons (Fsp3) is 1.00. The van der Waals surface area contributed by atoms with E-state index >= 15 is 0 Å². The van der Waals surface area contributed by atoms with Gasteiger partial charge in [0.2, 0.25) is 0 Å². The molecule has 2 fully saturated rings. The van der Waals surface area contributed by atoms with E-state index in [9.17, 15) is 4.21 Å². The van der Waals surface area contributed by atoms with Crippen molar-refractivity contribution >= 4 is 22.6 Å². The molecule has 2 aliphatic rings. The topological polar surface area (TPSA) is 17.1 Å². The SMILES string of the molecule is CC1SC1C1CS1=O. The average molecular weight is 148 g/mol. The molecule has 0 amide bonds. The van der Waals surface area contributed by atoms with Crippen molar-refractivity contribution < 1.29 is 4.21 Å². The first-order valence-corrected chi connectivity index (χ1v) is 5.14. The maximum absolute atomic E-state index is 10.6. The van der Waals surface area contributed by atoms with Gasteiger partial charge in [0.1, 0.15) is 0 Å². The lowest BCUT2D eigenvalue weighted by Crippen LogP contribution is -1.97. The molecule has 0 spiro atoms. The average Bonchev–Trinajstić information content (AvgIpc) is 2.47. The standard InChI is InChI=1S/C5H8OS2/c1-3-5(7-3)4-2-8(4)6/h3-5H,2H2,1H3. The highest BCUT2D eigenvalue weighted by Crippen LogP contribution is 2.48. The third-order valence-corrected chi connectivity index (χ3v) is 4.70. The maximum atomic E-state index is 10.6. The Balaban J connectivity index is 1.94. The highest BCUT2D eigenvalue weighted by atomic mass is 32.2. The van der Waals surface area contributed by atoms with Crippen molar-refractivity contribution in [2.75, 3.05) is 5.75 Å². The Bertz CT molecular complexity index is 145. The highest BCUT2D eigenvalue weighted by molar-refractivity contribution is 8.09. The summed E-state index contributed by atoms with van der Waals surface area (Å²) in [5.41, 5.74) is 0. The Hall–Kier alpha value is 0.500. The van der Waals surface area contributed by atoms with E-state index in [2.05, 4.69) is 6.92 Å². The van der Waals surface area contributed by atoms with Crippen molar-refractivity contribution in [3.8, 4) is 0 Å². The summed E-state index contributed by atoms with van der Waals surface area (Å²) < 4.78 is 10.6. The maximum Gasteiger partial charge on any atom is 0.0593 e. The van der Waals surface area contributed by atoms with Crippen LogP contribution in [-0.4, -0.2) is 25.7 Å². The Morgan fingerprint density at radius 2 is 2.25 bits per heavy atom. The molecule has 0 aromatic heterocycles. The number of rotatable bonds is 1. The van der Waals surface area contributed by atoms with Crippen LogP contribution in [0.4, 0.5) is 0 Å². The lowest BCUT2D eigenvalue weighted by atomic mass is 10.3. The lowest BCUT2D eigenvalue weighted by molar-refractivity contribution is 0.692. The van der Waals surface area contributed by atoms with Crippen molar-refractivity contribution in [2.45, 2.75) is 22.7 Å². The van der Waals surface area contributed by atoms with Crippen LogP contribution in [0.15, 0.2) is 0 Å². The molecule has 1 nitrogen and oxygen atoms in total. The predicted molar refractivity (Wildman–Crippen MR) is 37.6 cm³/mol. The van der Waals surface area contributed by atoms with Gasteiger partial charge in [0, 0.05) is 27.1 Å². The zero-order valence-corrected chi connectivity index (χ0v) is 6.30. The van der Waals surface area contributed by atoms with E-state index in [4.69, 9.17) is 0 Å². The molecule has 0 aromatic carbocycles. The molecule has 2 aliphatic heterocycles. The Morgan fingerprint density at radius 1 is 1.75 bits per heavy atom. The third kappa shape index (κ3) is 0.722. The van der Waals surface area contributed by atoms with Crippen molar-refractivity contribution in [1.82, 2.24) is 0 Å². The molecule has 4 atom stereocenters. The quantitative estimate of drug-likeness (QED) is 0.507. The highest BCUT2D eigenvalue weighted by Gasteiger charge is 2.51. The van der Waals surface area contributed by atoms with Gasteiger partial charge >= 0.3 is 0 Å². The van der Waals surface area contributed by atoms with Crippen LogP contribution in [0.25, 0.3) is 0 Å². The number of hydrogen-bond donors (Lipinski definition) is 0. The normalized spacial score (nSPS) is 60.6. The van der Waals surface area contributed by atoms with Crippen LogP contribution in [0, 0.1) is 0 Å². The van der Waals surface area contributed by atoms with Crippen molar-refractivity contribution in [3.05, 3.63) is 0 Å². The van der Waals surface area contributed by atoms with Crippen LogP contribution in [0.5, 0.6) is 0 Å². The summed E-state index contributed by atoms with van der Waals surface area (Å²) in [7, 11) is -0.408. The van der Waals surface area contributed by atoms with Gasteiger partial charge in [-0.3, -0.25) is 4.21 Å². The summed E-state index contributed by atoms with van der Waals surface area (Å²) in [4.78, 5) is 0. The van der Waals surface area contributed by atoms with E-state index in [0.29, 0.717) is 5.25 Å². The van der Waals surface area contributed by atoms with E-state index in [1.165, 1.54) is 0 Å². The van der Waals surface area contributed by atoms with Crippen LogP contribution in [0.2, 0.25) is 0 Å². The van der Waals surface area contributed by atoms with Crippen LogP contribution in [0.3, 0.4) is 0 Å². The monoisotopic (exact) mass is 148 g/mol. The zero-order valence-electron chi connectivity index (χ0n) is 4.66. The van der Waals surface area contributed by atoms with E-state index < -0.39 is 10.8 Å². The second kappa shape index (κ2) is 1.51. The minimum Gasteiger partial charge on any atom is -0.259 e. The molecule has 3 heteroatoms. The van der Waals surface area contributed by atoms with Gasteiger partial charge in [0.05, 0.1) is 5.25 Å². The second-order valence-electron chi connectivity index (χ2n) is 2.39. The van der Waals surface area contributed by atoms with Crippen molar-refractivity contribution in [3.63, 3.8) is 0 Å². The van der Waals surface area contributed by atoms with E-state index in [1.54, 1.807) is 0 Å². The number of hydrogen-bond acceptors (Lipinski definition) is 2. The minimum absolute atomic E-state index is 0.408. The molecule has 2 saturated heterocycles. The zero-order chi connectivity index (χ0) is 5.72. The summed E-state index contributed by atoms with van der Waals surface area (Å²) in [6.45, 7) is 2.21. The summed E-state index contributed by atoms with van der Waals surface area (Å²) in [6, 6.07) is 0. The molecule has 0 aromatic rings. The molecule has 8 heavy (non-hydrogen) atoms. The Labute approximate surface area is 55.7 Å². The summed E-state index contributed by atoms with van der Waals surface area (Å²) >= 11 is 1.97. The molecule has 0 N–H and O–H groups in total. The van der Waals surface area contributed by atoms with Crippen LogP contribution >= 0.6 is 11.8 Å². The smallest absolute Gasteiger partial charge is 0.0593 e. The van der Waals surface area contributed by atoms with Gasteiger partial charge in [-0.1, -0.05) is 6.92 Å². The molecule has 0 aliphatic carbocycles. The van der Waals surface area contributed by atoms with Crippen LogP contribution in [0.1, 0.15) is 6.92 Å². The Morgan fingerprint density at radius 3 is 2.38 bits per heavy atom. The van der Waals surface area contributed by atoms with E-state index in [0.717, 1.165) is 16.3 Å². The van der Waals surface area contributed by atoms with Gasteiger partial charge in [-0.25, -0.2) is 0 Å². The fourth-order valence-corrected chi connectivity index (χ4v) is 3.77. The van der Waals surface area contributed by atoms with Crippen LogP contribution < -0.4 is 0 Å². The third-order valence-electron chi connectivity index (χ3n) is 1.68. The molecule has 4 unspecified atom stereocenters. The first-order valence-electron chi connectivity index (χ1n) is 2.81. The van der Waals surface area contributed by atoms with Gasteiger partial charge < -0.3 is 0 Å². The molecule has 46 valence electrons. The lowest BCUT2D eigenvalue weighted by Gasteiger charge is -1.77. The fourth-order valence-electron chi connectivity index (χ4n) is 0.959. The summed E-state index contributed by atoms with van der Waals surface area (Å²) in [5.74, 6) is 0.988. The van der Waals surface area contributed by atoms with Crippen molar-refractivity contribution in [2.24, 2.45) is 0 Å².